The van der Waals surface area contributed by atoms with Gasteiger partial charge in [-0.25, -0.2) is 0 Å². The van der Waals surface area contributed by atoms with Crippen molar-refractivity contribution >= 4 is 17.7 Å². The Bertz CT molecular complexity index is 819. The Morgan fingerprint density at radius 1 is 1.12 bits per heavy atom. The molecule has 1 aliphatic heterocycles. The molecule has 1 aromatic carbocycles. The van der Waals surface area contributed by atoms with Gasteiger partial charge in [0.15, 0.2) is 0 Å². The molecule has 3 rings (SSSR count). The number of nitrogens with one attached hydrogen (secondary N) is 1. The minimum Gasteiger partial charge on any atom is -0.338 e. The lowest BCUT2D eigenvalue weighted by Gasteiger charge is -2.32. The van der Waals surface area contributed by atoms with Crippen LogP contribution in [0.2, 0.25) is 0 Å². The number of amides is 1. The topological polar surface area (TPSA) is 53.2 Å². The van der Waals surface area contributed by atoms with Crippen LogP contribution in [0.1, 0.15) is 40.0 Å². The molecule has 2 heterocycles. The van der Waals surface area contributed by atoms with Crippen LogP contribution < -0.4 is 5.56 Å². The zero-order valence-electron chi connectivity index (χ0n) is 15.0. The summed E-state index contributed by atoms with van der Waals surface area (Å²) in [4.78, 5) is 30.8. The predicted molar refractivity (Wildman–Crippen MR) is 102 cm³/mol. The van der Waals surface area contributed by atoms with Gasteiger partial charge in [-0.2, -0.15) is 0 Å². The number of pyridine rings is 1. The van der Waals surface area contributed by atoms with Crippen LogP contribution in [-0.2, 0) is 0 Å². The van der Waals surface area contributed by atoms with Gasteiger partial charge in [-0.1, -0.05) is 17.7 Å². The van der Waals surface area contributed by atoms with Crippen molar-refractivity contribution in [1.29, 1.82) is 0 Å². The third kappa shape index (κ3) is 4.15. The first kappa shape index (κ1) is 17.8. The van der Waals surface area contributed by atoms with Crippen LogP contribution in [0.25, 0.3) is 0 Å². The van der Waals surface area contributed by atoms with E-state index in [0.717, 1.165) is 24.1 Å². The van der Waals surface area contributed by atoms with Gasteiger partial charge in [-0.15, -0.1) is 11.8 Å². The van der Waals surface area contributed by atoms with Gasteiger partial charge in [0.2, 0.25) is 0 Å². The van der Waals surface area contributed by atoms with Crippen LogP contribution in [0.15, 0.2) is 40.0 Å². The maximum absolute atomic E-state index is 12.8. The number of aryl methyl sites for hydroxylation is 3. The van der Waals surface area contributed by atoms with E-state index in [9.17, 15) is 9.59 Å². The quantitative estimate of drug-likeness (QED) is 0.912. The second-order valence-corrected chi connectivity index (χ2v) is 8.14. The zero-order valence-corrected chi connectivity index (χ0v) is 15.8. The van der Waals surface area contributed by atoms with E-state index in [4.69, 9.17) is 0 Å². The highest BCUT2D eigenvalue weighted by Crippen LogP contribution is 2.30. The molecular weight excluding hydrogens is 332 g/mol. The number of hydrogen-bond donors (Lipinski definition) is 1. The van der Waals surface area contributed by atoms with E-state index < -0.39 is 0 Å². The molecular formula is C20H24N2O2S. The molecule has 0 unspecified atom stereocenters. The molecule has 1 fully saturated rings. The summed E-state index contributed by atoms with van der Waals surface area (Å²) < 4.78 is 0. The number of H-pyrrole nitrogens is 1. The van der Waals surface area contributed by atoms with Gasteiger partial charge >= 0.3 is 0 Å². The summed E-state index contributed by atoms with van der Waals surface area (Å²) in [6.07, 6.45) is 1.90. The molecule has 1 aromatic heterocycles. The van der Waals surface area contributed by atoms with E-state index in [1.54, 1.807) is 0 Å². The van der Waals surface area contributed by atoms with Crippen LogP contribution in [0.5, 0.6) is 0 Å². The van der Waals surface area contributed by atoms with Gasteiger partial charge in [0.25, 0.3) is 11.5 Å². The van der Waals surface area contributed by atoms with Gasteiger partial charge < -0.3 is 9.88 Å². The lowest BCUT2D eigenvalue weighted by Crippen LogP contribution is -2.41. The molecule has 25 heavy (non-hydrogen) atoms. The lowest BCUT2D eigenvalue weighted by molar-refractivity contribution is 0.0725. The maximum atomic E-state index is 12.8. The first-order chi connectivity index (χ1) is 11.9. The number of rotatable bonds is 3. The van der Waals surface area contributed by atoms with E-state index in [-0.39, 0.29) is 17.0 Å². The second-order valence-electron chi connectivity index (χ2n) is 6.76. The van der Waals surface area contributed by atoms with Crippen molar-refractivity contribution in [3.8, 4) is 0 Å². The van der Waals surface area contributed by atoms with Gasteiger partial charge in [-0.3, -0.25) is 9.59 Å². The molecule has 0 bridgehead atoms. The highest BCUT2D eigenvalue weighted by atomic mass is 32.2. The SMILES string of the molecule is Cc1ccc(SC2CCN(C(=O)c3c(C)cc(C)[nH]c3=O)CC2)cc1. The number of carbonyl (C=O) groups excluding carboxylic acids is 1. The molecule has 132 valence electrons. The molecule has 1 amide bonds. The van der Waals surface area contributed by atoms with Gasteiger partial charge in [0.1, 0.15) is 5.56 Å². The monoisotopic (exact) mass is 356 g/mol. The Balaban J connectivity index is 1.63. The highest BCUT2D eigenvalue weighted by Gasteiger charge is 2.26. The van der Waals surface area contributed by atoms with E-state index in [2.05, 4.69) is 36.2 Å². The smallest absolute Gasteiger partial charge is 0.261 e. The van der Waals surface area contributed by atoms with Crippen molar-refractivity contribution in [3.63, 3.8) is 0 Å². The average molecular weight is 356 g/mol. The number of likely N-dealkylation sites (tertiary alicyclic amines) is 1. The van der Waals surface area contributed by atoms with Crippen molar-refractivity contribution in [2.45, 2.75) is 43.8 Å². The number of aromatic nitrogens is 1. The summed E-state index contributed by atoms with van der Waals surface area (Å²) in [6.45, 7) is 7.16. The van der Waals surface area contributed by atoms with Crippen LogP contribution in [-0.4, -0.2) is 34.1 Å². The number of aromatic amines is 1. The number of thioether (sulfide) groups is 1. The molecule has 0 radical (unpaired) electrons. The summed E-state index contributed by atoms with van der Waals surface area (Å²) in [6, 6.07) is 10.4. The molecule has 5 heteroatoms. The molecule has 1 saturated heterocycles. The Labute approximate surface area is 152 Å². The Kier molecular flexibility index (Phi) is 5.33. The van der Waals surface area contributed by atoms with E-state index in [0.29, 0.717) is 18.3 Å². The van der Waals surface area contributed by atoms with Crippen LogP contribution >= 0.6 is 11.8 Å². The van der Waals surface area contributed by atoms with Gasteiger partial charge in [0, 0.05) is 28.9 Å². The number of carbonyl (C=O) groups is 1. The fourth-order valence-electron chi connectivity index (χ4n) is 3.26. The van der Waals surface area contributed by atoms with Crippen molar-refractivity contribution in [1.82, 2.24) is 9.88 Å². The lowest BCUT2D eigenvalue weighted by atomic mass is 10.1. The summed E-state index contributed by atoms with van der Waals surface area (Å²) in [5.41, 5.74) is 2.81. The van der Waals surface area contributed by atoms with E-state index in [1.165, 1.54) is 10.5 Å². The third-order valence-electron chi connectivity index (χ3n) is 4.63. The van der Waals surface area contributed by atoms with Crippen LogP contribution in [0.4, 0.5) is 0 Å². The maximum Gasteiger partial charge on any atom is 0.261 e. The third-order valence-corrected chi connectivity index (χ3v) is 5.98. The van der Waals surface area contributed by atoms with Crippen LogP contribution in [0, 0.1) is 20.8 Å². The fraction of sp³-hybridized carbons (Fsp3) is 0.400. The van der Waals surface area contributed by atoms with E-state index >= 15 is 0 Å². The Morgan fingerprint density at radius 3 is 2.36 bits per heavy atom. The fourth-order valence-corrected chi connectivity index (χ4v) is 4.39. The summed E-state index contributed by atoms with van der Waals surface area (Å²) in [5, 5.41) is 0.518. The van der Waals surface area contributed by atoms with Crippen LogP contribution in [0.3, 0.4) is 0 Å². The molecule has 1 N–H and O–H groups in total. The standard InChI is InChI=1S/C20H24N2O2S/c1-13-4-6-16(7-5-13)25-17-8-10-22(11-9-17)20(24)18-14(2)12-15(3)21-19(18)23/h4-7,12,17H,8-11H2,1-3H3,(H,21,23). The number of hydrogen-bond acceptors (Lipinski definition) is 3. The zero-order chi connectivity index (χ0) is 18.0. The second kappa shape index (κ2) is 7.48. The summed E-state index contributed by atoms with van der Waals surface area (Å²) >= 11 is 1.89. The molecule has 2 aromatic rings. The summed E-state index contributed by atoms with van der Waals surface area (Å²) in [5.74, 6) is -0.141. The molecule has 0 saturated carbocycles. The summed E-state index contributed by atoms with van der Waals surface area (Å²) in [7, 11) is 0. The van der Waals surface area contributed by atoms with Gasteiger partial charge in [-0.05, 0) is 57.4 Å². The van der Waals surface area contributed by atoms with E-state index in [1.807, 2.05) is 36.6 Å². The molecule has 0 atom stereocenters. The molecule has 4 nitrogen and oxygen atoms in total. The molecule has 1 aliphatic rings. The largest absolute Gasteiger partial charge is 0.338 e. The minimum atomic E-state index is -0.279. The minimum absolute atomic E-state index is 0.141. The van der Waals surface area contributed by atoms with Crippen molar-refractivity contribution in [3.05, 3.63) is 63.1 Å². The van der Waals surface area contributed by atoms with Crippen molar-refractivity contribution in [2.75, 3.05) is 13.1 Å². The number of nitrogens with zero attached hydrogens (tertiary/aromatic N) is 1. The highest BCUT2D eigenvalue weighted by molar-refractivity contribution is 8.00. The van der Waals surface area contributed by atoms with Gasteiger partial charge in [0.05, 0.1) is 0 Å². The van der Waals surface area contributed by atoms with Crippen molar-refractivity contribution in [2.24, 2.45) is 0 Å². The first-order valence-corrected chi connectivity index (χ1v) is 9.55. The predicted octanol–water partition coefficient (Wildman–Crippen LogP) is 3.70. The Morgan fingerprint density at radius 2 is 1.76 bits per heavy atom. The first-order valence-electron chi connectivity index (χ1n) is 8.67. The van der Waals surface area contributed by atoms with Crippen molar-refractivity contribution < 1.29 is 4.79 Å². The molecule has 0 spiro atoms. The normalized spacial score (nSPS) is 15.4. The molecule has 0 aliphatic carbocycles. The number of benzene rings is 1. The Hall–Kier alpha value is -2.01. The number of piperidine rings is 1. The average Bonchev–Trinajstić information content (AvgIpc) is 2.56.